The van der Waals surface area contributed by atoms with Gasteiger partial charge in [0.1, 0.15) is 11.7 Å². The van der Waals surface area contributed by atoms with Crippen molar-refractivity contribution in [2.75, 3.05) is 0 Å². The van der Waals surface area contributed by atoms with Gasteiger partial charge in [0.15, 0.2) is 11.6 Å². The molecule has 1 aromatic rings. The van der Waals surface area contributed by atoms with Gasteiger partial charge in [-0.1, -0.05) is 12.1 Å². The van der Waals surface area contributed by atoms with Crippen molar-refractivity contribution < 1.29 is 24.6 Å². The second-order valence-corrected chi connectivity index (χ2v) is 3.58. The molecule has 0 amide bonds. The van der Waals surface area contributed by atoms with E-state index < -0.39 is 23.5 Å². The van der Waals surface area contributed by atoms with E-state index in [9.17, 15) is 19.5 Å². The summed E-state index contributed by atoms with van der Waals surface area (Å²) in [6, 6.07) is 4.11. The van der Waals surface area contributed by atoms with Crippen LogP contribution in [0.25, 0.3) is 0 Å². The largest absolute Gasteiger partial charge is 0.507 e. The normalized spacial score (nSPS) is 19.4. The maximum absolute atomic E-state index is 11.7. The van der Waals surface area contributed by atoms with Gasteiger partial charge in [0, 0.05) is 12.0 Å². The summed E-state index contributed by atoms with van der Waals surface area (Å²) in [5.74, 6) is -4.21. The Kier molecular flexibility index (Phi) is 2.23. The summed E-state index contributed by atoms with van der Waals surface area (Å²) in [6.07, 6.45) is -0.343. The van der Waals surface area contributed by atoms with Gasteiger partial charge >= 0.3 is 5.97 Å². The maximum atomic E-state index is 11.7. The zero-order valence-electron chi connectivity index (χ0n) is 8.14. The van der Waals surface area contributed by atoms with Crippen molar-refractivity contribution >= 4 is 17.5 Å². The number of Topliss-reactive ketones (excluding diaryl/α,β-unsaturated/α-hetero) is 2. The summed E-state index contributed by atoms with van der Waals surface area (Å²) in [4.78, 5) is 34.1. The number of aliphatic carboxylic acids is 1. The molecule has 1 aromatic carbocycles. The Morgan fingerprint density at radius 2 is 2.00 bits per heavy atom. The Hall–Kier alpha value is -2.17. The fraction of sp³-hybridized carbons (Fsp3) is 0.182. The summed E-state index contributed by atoms with van der Waals surface area (Å²) in [7, 11) is 0. The second-order valence-electron chi connectivity index (χ2n) is 3.58. The van der Waals surface area contributed by atoms with Crippen LogP contribution < -0.4 is 0 Å². The van der Waals surface area contributed by atoms with Crippen LogP contribution in [0.15, 0.2) is 18.2 Å². The third-order valence-corrected chi connectivity index (χ3v) is 2.59. The van der Waals surface area contributed by atoms with Crippen LogP contribution in [0.5, 0.6) is 5.75 Å². The number of rotatable bonds is 1. The summed E-state index contributed by atoms with van der Waals surface area (Å²) in [5.41, 5.74) is -0.0753. The second kappa shape index (κ2) is 3.44. The zero-order valence-corrected chi connectivity index (χ0v) is 8.14. The first-order valence-corrected chi connectivity index (χ1v) is 4.64. The molecule has 0 aliphatic heterocycles. The van der Waals surface area contributed by atoms with Gasteiger partial charge in [-0.3, -0.25) is 14.4 Å². The van der Waals surface area contributed by atoms with Crippen LogP contribution in [0.2, 0.25) is 0 Å². The highest BCUT2D eigenvalue weighted by molar-refractivity contribution is 6.21. The van der Waals surface area contributed by atoms with Gasteiger partial charge in [0.2, 0.25) is 0 Å². The smallest absolute Gasteiger partial charge is 0.314 e. The Morgan fingerprint density at radius 1 is 1.31 bits per heavy atom. The summed E-state index contributed by atoms with van der Waals surface area (Å²) >= 11 is 0. The summed E-state index contributed by atoms with van der Waals surface area (Å²) in [5, 5.41) is 18.3. The van der Waals surface area contributed by atoms with Gasteiger partial charge in [0.05, 0.1) is 5.56 Å². The fourth-order valence-electron chi connectivity index (χ4n) is 1.79. The molecule has 0 fully saturated rings. The number of aromatic hydroxyl groups is 1. The Bertz CT molecular complexity index is 503. The monoisotopic (exact) mass is 220 g/mol. The lowest BCUT2D eigenvalue weighted by atomic mass is 9.81. The molecule has 5 heteroatoms. The number of hydrogen-bond donors (Lipinski definition) is 2. The molecule has 1 aliphatic carbocycles. The summed E-state index contributed by atoms with van der Waals surface area (Å²) < 4.78 is 0. The molecule has 1 aliphatic rings. The minimum absolute atomic E-state index is 0.0995. The average molecular weight is 220 g/mol. The van der Waals surface area contributed by atoms with Gasteiger partial charge in [-0.05, 0) is 6.07 Å². The van der Waals surface area contributed by atoms with Crippen molar-refractivity contribution in [2.45, 2.75) is 6.42 Å². The van der Waals surface area contributed by atoms with Crippen molar-refractivity contribution in [3.05, 3.63) is 29.3 Å². The first kappa shape index (κ1) is 10.4. The summed E-state index contributed by atoms with van der Waals surface area (Å²) in [6.45, 7) is 0. The molecular formula is C11H8O5. The molecule has 5 nitrogen and oxygen atoms in total. The maximum Gasteiger partial charge on any atom is 0.314 e. The lowest BCUT2D eigenvalue weighted by Crippen LogP contribution is -2.32. The number of ketones is 2. The van der Waals surface area contributed by atoms with Crippen LogP contribution in [0.3, 0.4) is 0 Å². The predicted octanol–water partition coefficient (Wildman–Crippen LogP) is 0.862. The number of benzene rings is 1. The van der Waals surface area contributed by atoms with Crippen molar-refractivity contribution in [3.8, 4) is 5.75 Å². The highest BCUT2D eigenvalue weighted by atomic mass is 16.4. The Morgan fingerprint density at radius 3 is 2.62 bits per heavy atom. The minimum atomic E-state index is -1.38. The van der Waals surface area contributed by atoms with E-state index in [0.717, 1.165) is 0 Å². The van der Waals surface area contributed by atoms with E-state index in [-0.39, 0.29) is 23.3 Å². The number of phenolic OH excluding ortho intramolecular Hbond substituents is 1. The molecular weight excluding hydrogens is 212 g/mol. The van der Waals surface area contributed by atoms with E-state index in [1.807, 2.05) is 0 Å². The van der Waals surface area contributed by atoms with Crippen LogP contribution in [0.4, 0.5) is 0 Å². The number of carbonyl (C=O) groups is 3. The van der Waals surface area contributed by atoms with Crippen molar-refractivity contribution in [1.82, 2.24) is 0 Å². The third kappa shape index (κ3) is 1.37. The molecule has 0 bridgehead atoms. The number of carboxylic acids is 1. The molecule has 0 spiro atoms. The lowest BCUT2D eigenvalue weighted by molar-refractivity contribution is -0.139. The number of phenols is 1. The molecule has 0 saturated carbocycles. The van der Waals surface area contributed by atoms with Gasteiger partial charge in [0.25, 0.3) is 0 Å². The number of carbonyl (C=O) groups excluding carboxylic acids is 2. The van der Waals surface area contributed by atoms with Gasteiger partial charge < -0.3 is 10.2 Å². The van der Waals surface area contributed by atoms with Gasteiger partial charge in [-0.25, -0.2) is 0 Å². The number of carboxylic acid groups (broad SMARTS) is 1. The van der Waals surface area contributed by atoms with Crippen molar-refractivity contribution in [1.29, 1.82) is 0 Å². The standard InChI is InChI=1S/C11H8O5/c12-7-3-1-2-5-8(13)4-6(11(15)16)10(14)9(5)7/h1-3,6,12H,4H2,(H,15,16). The average Bonchev–Trinajstić information content (AvgIpc) is 2.22. The van der Waals surface area contributed by atoms with E-state index >= 15 is 0 Å². The molecule has 0 heterocycles. The molecule has 16 heavy (non-hydrogen) atoms. The highest BCUT2D eigenvalue weighted by Crippen LogP contribution is 2.31. The molecule has 1 atom stereocenters. The van der Waals surface area contributed by atoms with E-state index in [2.05, 4.69) is 0 Å². The molecule has 0 aromatic heterocycles. The predicted molar refractivity (Wildman–Crippen MR) is 52.5 cm³/mol. The quantitative estimate of drug-likeness (QED) is 0.685. The van der Waals surface area contributed by atoms with E-state index in [0.29, 0.717) is 0 Å². The highest BCUT2D eigenvalue weighted by Gasteiger charge is 2.38. The SMILES string of the molecule is O=C1CC(C(=O)O)C(=O)c2c(O)cccc21. The van der Waals surface area contributed by atoms with Crippen molar-refractivity contribution in [2.24, 2.45) is 5.92 Å². The molecule has 0 radical (unpaired) electrons. The first-order valence-electron chi connectivity index (χ1n) is 4.64. The Balaban J connectivity index is 2.62. The van der Waals surface area contributed by atoms with Crippen LogP contribution in [-0.2, 0) is 4.79 Å². The lowest BCUT2D eigenvalue weighted by Gasteiger charge is -2.19. The number of fused-ring (bicyclic) bond motifs is 1. The van der Waals surface area contributed by atoms with Crippen LogP contribution in [-0.4, -0.2) is 27.7 Å². The van der Waals surface area contributed by atoms with Crippen LogP contribution in [0.1, 0.15) is 27.1 Å². The fourth-order valence-corrected chi connectivity index (χ4v) is 1.79. The van der Waals surface area contributed by atoms with Crippen molar-refractivity contribution in [3.63, 3.8) is 0 Å². The number of hydrogen-bond acceptors (Lipinski definition) is 4. The van der Waals surface area contributed by atoms with E-state index in [4.69, 9.17) is 5.11 Å². The van der Waals surface area contributed by atoms with Crippen LogP contribution >= 0.6 is 0 Å². The van der Waals surface area contributed by atoms with E-state index in [1.165, 1.54) is 18.2 Å². The first-order chi connectivity index (χ1) is 7.52. The zero-order chi connectivity index (χ0) is 11.9. The molecule has 82 valence electrons. The van der Waals surface area contributed by atoms with Gasteiger partial charge in [-0.15, -0.1) is 0 Å². The van der Waals surface area contributed by atoms with Gasteiger partial charge in [-0.2, -0.15) is 0 Å². The molecule has 0 saturated heterocycles. The third-order valence-electron chi connectivity index (χ3n) is 2.59. The molecule has 1 unspecified atom stereocenters. The minimum Gasteiger partial charge on any atom is -0.507 e. The molecule has 2 N–H and O–H groups in total. The topological polar surface area (TPSA) is 91.7 Å². The van der Waals surface area contributed by atoms with E-state index in [1.54, 1.807) is 0 Å². The van der Waals surface area contributed by atoms with Crippen LogP contribution in [0, 0.1) is 5.92 Å². The molecule has 2 rings (SSSR count). The Labute approximate surface area is 90.3 Å².